The van der Waals surface area contributed by atoms with Crippen molar-refractivity contribution in [3.05, 3.63) is 23.8 Å². The van der Waals surface area contributed by atoms with Gasteiger partial charge >= 0.3 is 26.7 Å². The van der Waals surface area contributed by atoms with Gasteiger partial charge in [-0.3, -0.25) is 9.59 Å². The van der Waals surface area contributed by atoms with E-state index in [2.05, 4.69) is 6.58 Å². The monoisotopic (exact) mass is 484 g/mol. The van der Waals surface area contributed by atoms with Gasteiger partial charge in [0.25, 0.3) is 0 Å². The van der Waals surface area contributed by atoms with Crippen LogP contribution in [-0.4, -0.2) is 67.9 Å². The van der Waals surface area contributed by atoms with Gasteiger partial charge in [-0.25, -0.2) is 4.79 Å². The van der Waals surface area contributed by atoms with Crippen molar-refractivity contribution in [3.63, 3.8) is 0 Å². The lowest BCUT2D eigenvalue weighted by Gasteiger charge is -2.38. The summed E-state index contributed by atoms with van der Waals surface area (Å²) in [7, 11) is 0.404. The summed E-state index contributed by atoms with van der Waals surface area (Å²) in [5, 5.41) is 0. The van der Waals surface area contributed by atoms with E-state index in [4.69, 9.17) is 27.5 Å². The van der Waals surface area contributed by atoms with Gasteiger partial charge in [0.15, 0.2) is 5.41 Å². The zero-order chi connectivity index (χ0) is 24.8. The molecule has 2 rings (SSSR count). The van der Waals surface area contributed by atoms with Crippen LogP contribution in [0.2, 0.25) is 5.54 Å². The molecule has 0 aromatic heterocycles. The number of rotatable bonds is 10. The Balaban J connectivity index is 2.73. The zero-order valence-corrected chi connectivity index (χ0v) is 21.4. The van der Waals surface area contributed by atoms with Crippen LogP contribution in [0.4, 0.5) is 0 Å². The number of fused-ring (bicyclic) bond motifs is 1. The van der Waals surface area contributed by atoms with E-state index in [1.165, 1.54) is 21.3 Å². The Hall–Kier alpha value is -2.01. The standard InChI is InChI=1S/C23H36O9Si/c1-8-30-33(31-9-2,32-10-3)19-12-16(20(24)27-5)11-15(4)17-13-23(14-18(17)19,21(25)28-6)22(26)29-7/h12,17-19H,4,8-11,13-14H2,1-3,5-7H3/t17-,18-,19-/m0/s1. The van der Waals surface area contributed by atoms with Gasteiger partial charge in [0.2, 0.25) is 0 Å². The molecule has 2 aliphatic rings. The third-order valence-electron chi connectivity index (χ3n) is 6.50. The summed E-state index contributed by atoms with van der Waals surface area (Å²) < 4.78 is 33.6. The number of carbonyl (C=O) groups excluding carboxylic acids is 3. The topological polar surface area (TPSA) is 107 Å². The Kier molecular flexibility index (Phi) is 9.42. The second-order valence-electron chi connectivity index (χ2n) is 8.19. The van der Waals surface area contributed by atoms with E-state index < -0.39 is 37.7 Å². The zero-order valence-electron chi connectivity index (χ0n) is 20.4. The van der Waals surface area contributed by atoms with E-state index in [9.17, 15) is 14.4 Å². The fourth-order valence-corrected chi connectivity index (χ4v) is 8.53. The summed E-state index contributed by atoms with van der Waals surface area (Å²) >= 11 is 0. The molecule has 0 N–H and O–H groups in total. The Morgan fingerprint density at radius 2 is 1.45 bits per heavy atom. The minimum absolute atomic E-state index is 0.133. The molecule has 1 saturated carbocycles. The molecule has 2 aliphatic carbocycles. The molecule has 10 heteroatoms. The van der Waals surface area contributed by atoms with Crippen LogP contribution in [0.5, 0.6) is 0 Å². The quantitative estimate of drug-likeness (QED) is 0.152. The van der Waals surface area contributed by atoms with Crippen molar-refractivity contribution in [2.24, 2.45) is 17.3 Å². The van der Waals surface area contributed by atoms with Crippen molar-refractivity contribution in [3.8, 4) is 0 Å². The van der Waals surface area contributed by atoms with Crippen molar-refractivity contribution in [1.82, 2.24) is 0 Å². The SMILES string of the molecule is C=C1CC(C(=O)OC)=C[C@H]([Si](OCC)(OCC)OCC)[C@H]2CC(C(=O)OC)(C(=O)OC)C[C@@H]12. The first-order chi connectivity index (χ1) is 15.7. The number of carbonyl (C=O) groups is 3. The predicted octanol–water partition coefficient (Wildman–Crippen LogP) is 2.82. The number of methoxy groups -OCH3 is 3. The number of hydrogen-bond donors (Lipinski definition) is 0. The van der Waals surface area contributed by atoms with Crippen LogP contribution < -0.4 is 0 Å². The molecule has 186 valence electrons. The van der Waals surface area contributed by atoms with Crippen LogP contribution in [0.25, 0.3) is 0 Å². The van der Waals surface area contributed by atoms with Crippen LogP contribution >= 0.6 is 0 Å². The molecule has 0 unspecified atom stereocenters. The van der Waals surface area contributed by atoms with Crippen LogP contribution in [0, 0.1) is 17.3 Å². The van der Waals surface area contributed by atoms with E-state index in [0.29, 0.717) is 25.4 Å². The highest BCUT2D eigenvalue weighted by Gasteiger charge is 2.64. The molecule has 0 heterocycles. The van der Waals surface area contributed by atoms with Crippen molar-refractivity contribution in [1.29, 1.82) is 0 Å². The van der Waals surface area contributed by atoms with Crippen molar-refractivity contribution in [2.75, 3.05) is 41.2 Å². The van der Waals surface area contributed by atoms with Crippen LogP contribution in [0.15, 0.2) is 23.8 Å². The highest BCUT2D eigenvalue weighted by Crippen LogP contribution is 2.58. The van der Waals surface area contributed by atoms with Gasteiger partial charge in [0.1, 0.15) is 0 Å². The highest BCUT2D eigenvalue weighted by atomic mass is 28.4. The molecule has 0 aromatic rings. The largest absolute Gasteiger partial charge is 0.508 e. The predicted molar refractivity (Wildman–Crippen MR) is 121 cm³/mol. The van der Waals surface area contributed by atoms with E-state index in [1.807, 2.05) is 20.8 Å². The van der Waals surface area contributed by atoms with Crippen LogP contribution in [0.1, 0.15) is 40.0 Å². The Morgan fingerprint density at radius 3 is 1.88 bits per heavy atom. The minimum Gasteiger partial charge on any atom is -0.468 e. The molecule has 9 nitrogen and oxygen atoms in total. The van der Waals surface area contributed by atoms with Gasteiger partial charge < -0.3 is 27.5 Å². The summed E-state index contributed by atoms with van der Waals surface area (Å²) in [5.74, 6) is -2.39. The lowest BCUT2D eigenvalue weighted by atomic mass is 9.83. The number of hydrogen-bond acceptors (Lipinski definition) is 9. The fourth-order valence-electron chi connectivity index (χ4n) is 5.21. The van der Waals surface area contributed by atoms with Gasteiger partial charge in [-0.2, -0.15) is 0 Å². The normalized spacial score (nSPS) is 24.4. The van der Waals surface area contributed by atoms with Crippen molar-refractivity contribution < 1.29 is 41.9 Å². The molecule has 0 aliphatic heterocycles. The van der Waals surface area contributed by atoms with Crippen LogP contribution in [-0.2, 0) is 41.9 Å². The maximum Gasteiger partial charge on any atom is 0.508 e. The average molecular weight is 485 g/mol. The maximum atomic E-state index is 12.9. The number of esters is 3. The summed E-state index contributed by atoms with van der Waals surface area (Å²) in [4.78, 5) is 38.4. The average Bonchev–Trinajstić information content (AvgIpc) is 3.16. The first kappa shape index (κ1) is 27.2. The first-order valence-corrected chi connectivity index (χ1v) is 13.1. The van der Waals surface area contributed by atoms with Crippen molar-refractivity contribution >= 4 is 26.7 Å². The molecular weight excluding hydrogens is 448 g/mol. The Morgan fingerprint density at radius 1 is 0.939 bits per heavy atom. The molecule has 0 aromatic carbocycles. The summed E-state index contributed by atoms with van der Waals surface area (Å²) in [6, 6.07) is 0. The minimum atomic E-state index is -3.42. The second kappa shape index (κ2) is 11.4. The van der Waals surface area contributed by atoms with E-state index >= 15 is 0 Å². The smallest absolute Gasteiger partial charge is 0.468 e. The van der Waals surface area contributed by atoms with Gasteiger partial charge in [-0.15, -0.1) is 0 Å². The Labute approximate surface area is 196 Å². The summed E-state index contributed by atoms with van der Waals surface area (Å²) in [5.41, 5.74) is -0.839. The molecule has 0 saturated heterocycles. The van der Waals surface area contributed by atoms with Gasteiger partial charge in [0, 0.05) is 31.8 Å². The molecule has 0 amide bonds. The Bertz CT molecular complexity index is 758. The fraction of sp³-hybridized carbons (Fsp3) is 0.696. The van der Waals surface area contributed by atoms with E-state index in [0.717, 1.165) is 5.57 Å². The molecule has 0 radical (unpaired) electrons. The van der Waals surface area contributed by atoms with Gasteiger partial charge in [0.05, 0.1) is 26.9 Å². The molecule has 1 fully saturated rings. The lowest BCUT2D eigenvalue weighted by molar-refractivity contribution is -0.169. The molecule has 3 atom stereocenters. The van der Waals surface area contributed by atoms with Gasteiger partial charge in [-0.1, -0.05) is 18.2 Å². The van der Waals surface area contributed by atoms with Gasteiger partial charge in [-0.05, 0) is 45.4 Å². The molecule has 0 spiro atoms. The van der Waals surface area contributed by atoms with E-state index in [1.54, 1.807) is 6.08 Å². The second-order valence-corrected chi connectivity index (χ2v) is 10.9. The number of allylic oxidation sites excluding steroid dienone is 2. The number of ether oxygens (including phenoxy) is 3. The summed E-state index contributed by atoms with van der Waals surface area (Å²) in [6.07, 6.45) is 2.33. The third-order valence-corrected chi connectivity index (χ3v) is 9.98. The lowest BCUT2D eigenvalue weighted by Crippen LogP contribution is -2.52. The van der Waals surface area contributed by atoms with Crippen molar-refractivity contribution in [2.45, 2.75) is 45.6 Å². The third kappa shape index (κ3) is 5.08. The first-order valence-electron chi connectivity index (χ1n) is 11.2. The molecular formula is C23H36O9Si. The maximum absolute atomic E-state index is 12.9. The molecule has 33 heavy (non-hydrogen) atoms. The summed E-state index contributed by atoms with van der Waals surface area (Å²) in [6.45, 7) is 10.8. The molecule has 0 bridgehead atoms. The highest BCUT2D eigenvalue weighted by molar-refractivity contribution is 6.63. The van der Waals surface area contributed by atoms with Crippen LogP contribution in [0.3, 0.4) is 0 Å². The van der Waals surface area contributed by atoms with E-state index in [-0.39, 0.29) is 31.1 Å².